The van der Waals surface area contributed by atoms with E-state index in [-0.39, 0.29) is 13.5 Å². The summed E-state index contributed by atoms with van der Waals surface area (Å²) in [6.45, 7) is 0. The highest BCUT2D eigenvalue weighted by molar-refractivity contribution is 7.37. The Morgan fingerprint density at radius 3 is 0.714 bits per heavy atom. The minimum Gasteiger partial charge on any atom is -2.00 e. The molecule has 0 radical (unpaired) electrons. The first-order valence-electron chi connectivity index (χ1n) is 2.31. The van der Waals surface area contributed by atoms with Crippen molar-refractivity contribution in [2.24, 2.45) is 0 Å². The number of quaternary nitrogens is 2. The number of hydrogen-bond donors (Lipinski definition) is 2. The summed E-state index contributed by atoms with van der Waals surface area (Å²) < 4.78 is 0. The van der Waals surface area contributed by atoms with E-state index in [1.54, 1.807) is 0 Å². The maximum Gasteiger partial charge on any atom is 0.0647 e. The minimum absolute atomic E-state index is 0. The lowest BCUT2D eigenvalue weighted by Gasteiger charge is -2.00. The molecule has 0 unspecified atom stereocenters. The van der Waals surface area contributed by atoms with Crippen LogP contribution >= 0.6 is 0 Å². The molecule has 0 saturated carbocycles. The lowest BCUT2D eigenvalue weighted by atomic mass is 11.3. The van der Waals surface area contributed by atoms with Crippen LogP contribution < -0.4 is 10.6 Å². The molecule has 0 aromatic heterocycles. The van der Waals surface area contributed by atoms with E-state index in [4.69, 9.17) is 0 Å². The van der Waals surface area contributed by atoms with Crippen molar-refractivity contribution in [3.8, 4) is 0 Å². The fraction of sp³-hybridized carbons (Fsp3) is 1.00. The molecule has 0 saturated heterocycles. The summed E-state index contributed by atoms with van der Waals surface area (Å²) in [7, 11) is 8.00. The van der Waals surface area contributed by atoms with Gasteiger partial charge in [0, 0.05) is 0 Å². The molecule has 0 amide bonds. The molecular weight excluding hydrogens is 108 g/mol. The normalized spacial score (nSPS) is 5.14. The predicted molar refractivity (Wildman–Crippen MR) is 34.9 cm³/mol. The quantitative estimate of drug-likeness (QED) is 0.361. The third-order valence-corrected chi connectivity index (χ3v) is 0. The van der Waals surface area contributed by atoms with Gasteiger partial charge in [-0.05, 0) is 0 Å². The van der Waals surface area contributed by atoms with Crippen molar-refractivity contribution in [3.05, 3.63) is 0 Å². The van der Waals surface area contributed by atoms with Gasteiger partial charge in [-0.15, -0.1) is 0 Å². The fourth-order valence-corrected chi connectivity index (χ4v) is 0. The largest absolute Gasteiger partial charge is 2.00 e. The summed E-state index contributed by atoms with van der Waals surface area (Å²) in [5, 5.41) is 4.00. The second-order valence-electron chi connectivity index (χ2n) is 1.15. The molecule has 0 fully saturated rings. The molecule has 3 heteroatoms. The molecule has 0 aliphatic heterocycles. The molecule has 0 aromatic carbocycles. The SMILES string of the molecule is C[NH2+]C.C[NH2+]C.[S-2]. The Morgan fingerprint density at radius 2 is 0.714 bits per heavy atom. The van der Waals surface area contributed by atoms with Gasteiger partial charge in [0.15, 0.2) is 0 Å². The maximum absolute atomic E-state index is 2.00. The van der Waals surface area contributed by atoms with Crippen LogP contribution in [0.15, 0.2) is 0 Å². The molecule has 0 rings (SSSR count). The Kier molecular flexibility index (Phi) is 75.7. The molecule has 2 nitrogen and oxygen atoms in total. The molecule has 7 heavy (non-hydrogen) atoms. The molecule has 0 aromatic rings. The summed E-state index contributed by atoms with van der Waals surface area (Å²) >= 11 is 0. The first kappa shape index (κ1) is 15.7. The summed E-state index contributed by atoms with van der Waals surface area (Å²) in [4.78, 5) is 0. The van der Waals surface area contributed by atoms with Crippen LogP contribution in [0.2, 0.25) is 0 Å². The lowest BCUT2D eigenvalue weighted by molar-refractivity contribution is -0.597. The van der Waals surface area contributed by atoms with Crippen LogP contribution in [0.4, 0.5) is 0 Å². The maximum atomic E-state index is 2.00. The highest BCUT2D eigenvalue weighted by Crippen LogP contribution is 0.589. The van der Waals surface area contributed by atoms with Gasteiger partial charge in [-0.2, -0.15) is 0 Å². The molecule has 0 heterocycles. The van der Waals surface area contributed by atoms with Crippen molar-refractivity contribution < 1.29 is 10.6 Å². The van der Waals surface area contributed by atoms with E-state index >= 15 is 0 Å². The zero-order valence-electron chi connectivity index (χ0n) is 5.56. The van der Waals surface area contributed by atoms with E-state index in [9.17, 15) is 0 Å². The zero-order valence-corrected chi connectivity index (χ0v) is 6.38. The van der Waals surface area contributed by atoms with Crippen LogP contribution in [-0.4, -0.2) is 28.2 Å². The van der Waals surface area contributed by atoms with Gasteiger partial charge in [0.2, 0.25) is 0 Å². The molecule has 0 aliphatic carbocycles. The van der Waals surface area contributed by atoms with Crippen LogP contribution in [0, 0.1) is 0 Å². The van der Waals surface area contributed by atoms with Crippen molar-refractivity contribution in [2.45, 2.75) is 0 Å². The summed E-state index contributed by atoms with van der Waals surface area (Å²) in [5.41, 5.74) is 0. The van der Waals surface area contributed by atoms with Crippen LogP contribution in [0.25, 0.3) is 0 Å². The van der Waals surface area contributed by atoms with E-state index < -0.39 is 0 Å². The monoisotopic (exact) mass is 124 g/mol. The average molecular weight is 124 g/mol. The van der Waals surface area contributed by atoms with Gasteiger partial charge in [0.25, 0.3) is 0 Å². The van der Waals surface area contributed by atoms with Crippen LogP contribution in [0.1, 0.15) is 0 Å². The molecule has 0 aliphatic rings. The Labute approximate surface area is 53.1 Å². The van der Waals surface area contributed by atoms with Gasteiger partial charge < -0.3 is 24.1 Å². The summed E-state index contributed by atoms with van der Waals surface area (Å²) in [6.07, 6.45) is 0. The lowest BCUT2D eigenvalue weighted by Crippen LogP contribution is -2.74. The van der Waals surface area contributed by atoms with Gasteiger partial charge in [0.1, 0.15) is 0 Å². The highest BCUT2D eigenvalue weighted by atomic mass is 32.1. The first-order valence-corrected chi connectivity index (χ1v) is 2.31. The number of rotatable bonds is 0. The van der Waals surface area contributed by atoms with Crippen molar-refractivity contribution >= 4 is 13.5 Å². The second-order valence-corrected chi connectivity index (χ2v) is 1.15. The number of nitrogens with two attached hydrogens (primary N) is 2. The molecule has 0 bridgehead atoms. The molecule has 0 atom stereocenters. The van der Waals surface area contributed by atoms with Gasteiger partial charge in [-0.1, -0.05) is 0 Å². The van der Waals surface area contributed by atoms with Crippen molar-refractivity contribution in [2.75, 3.05) is 28.2 Å². The molecular formula is C4H16N2S. The van der Waals surface area contributed by atoms with E-state index in [1.807, 2.05) is 38.8 Å². The summed E-state index contributed by atoms with van der Waals surface area (Å²) in [6, 6.07) is 0. The van der Waals surface area contributed by atoms with Crippen molar-refractivity contribution in [3.63, 3.8) is 0 Å². The van der Waals surface area contributed by atoms with E-state index in [1.165, 1.54) is 0 Å². The third-order valence-electron chi connectivity index (χ3n) is 0. The Morgan fingerprint density at radius 1 is 0.714 bits per heavy atom. The van der Waals surface area contributed by atoms with Crippen molar-refractivity contribution in [1.82, 2.24) is 0 Å². The third kappa shape index (κ3) is 1570. The topological polar surface area (TPSA) is 33.2 Å². The van der Waals surface area contributed by atoms with Crippen LogP contribution in [-0.2, 0) is 13.5 Å². The second kappa shape index (κ2) is 33.8. The smallest absolute Gasteiger partial charge is 0.0647 e. The van der Waals surface area contributed by atoms with Gasteiger partial charge in [-0.25, -0.2) is 0 Å². The van der Waals surface area contributed by atoms with E-state index in [2.05, 4.69) is 0 Å². The predicted octanol–water partition coefficient (Wildman–Crippen LogP) is -2.38. The van der Waals surface area contributed by atoms with Gasteiger partial charge in [0.05, 0.1) is 28.2 Å². The Balaban J connectivity index is -0.0000000400. The summed E-state index contributed by atoms with van der Waals surface area (Å²) in [5.74, 6) is 0. The minimum atomic E-state index is 0. The Bertz CT molecular complexity index is 11.7. The van der Waals surface area contributed by atoms with Gasteiger partial charge >= 0.3 is 0 Å². The van der Waals surface area contributed by atoms with E-state index in [0.717, 1.165) is 0 Å². The average Bonchev–Trinajstić information content (AvgIpc) is 1.39. The molecule has 0 spiro atoms. The zero-order chi connectivity index (χ0) is 5.41. The van der Waals surface area contributed by atoms with Gasteiger partial charge in [-0.3, -0.25) is 0 Å². The van der Waals surface area contributed by atoms with Crippen molar-refractivity contribution in [1.29, 1.82) is 0 Å². The van der Waals surface area contributed by atoms with Crippen LogP contribution in [0.5, 0.6) is 0 Å². The molecule has 4 N–H and O–H groups in total. The first-order chi connectivity index (χ1) is 2.83. The standard InChI is InChI=1S/2C2H7N.S/c2*1-3-2;/h2*3H,1-2H3;/q;;-2/p+2. The number of hydrogen-bond acceptors (Lipinski definition) is 0. The van der Waals surface area contributed by atoms with Crippen LogP contribution in [0.3, 0.4) is 0 Å². The molecule has 48 valence electrons. The Hall–Kier alpha value is 0.270. The highest BCUT2D eigenvalue weighted by Gasteiger charge is 1.29. The fourth-order valence-electron chi connectivity index (χ4n) is 0. The van der Waals surface area contributed by atoms with E-state index in [0.29, 0.717) is 0 Å².